The largest absolute Gasteiger partial charge is 1.00 e. The second-order valence-electron chi connectivity index (χ2n) is 12.1. The van der Waals surface area contributed by atoms with Crippen molar-refractivity contribution in [1.29, 1.82) is 0 Å². The van der Waals surface area contributed by atoms with Crippen LogP contribution in [0.25, 0.3) is 0 Å². The van der Waals surface area contributed by atoms with Crippen molar-refractivity contribution in [3.05, 3.63) is 71.8 Å². The lowest BCUT2D eigenvalue weighted by Crippen LogP contribution is -3.00. The second kappa shape index (κ2) is 16.6. The van der Waals surface area contributed by atoms with Gasteiger partial charge in [0.05, 0.1) is 66.5 Å². The minimum Gasteiger partial charge on any atom is -1.00 e. The van der Waals surface area contributed by atoms with Crippen molar-refractivity contribution in [3.8, 4) is 0 Å². The highest BCUT2D eigenvalue weighted by molar-refractivity contribution is 5.76. The molecule has 0 spiro atoms. The third-order valence-electron chi connectivity index (χ3n) is 8.69. The maximum atomic E-state index is 12.7. The predicted molar refractivity (Wildman–Crippen MR) is 153 cm³/mol. The summed E-state index contributed by atoms with van der Waals surface area (Å²) in [6.07, 6.45) is 5.19. The molecule has 0 N–H and O–H groups in total. The maximum absolute atomic E-state index is 12.7. The van der Waals surface area contributed by atoms with Gasteiger partial charge in [0.25, 0.3) is 0 Å². The maximum Gasteiger partial charge on any atom is 0.222 e. The molecule has 2 aromatic carbocycles. The van der Waals surface area contributed by atoms with Crippen LogP contribution in [0.15, 0.2) is 60.7 Å². The molecule has 0 atom stereocenters. The number of hydrogen-bond acceptors (Lipinski definition) is 2. The molecule has 6 nitrogen and oxygen atoms in total. The van der Waals surface area contributed by atoms with E-state index in [1.807, 2.05) is 0 Å². The van der Waals surface area contributed by atoms with Crippen LogP contribution < -0.4 is 34.0 Å². The summed E-state index contributed by atoms with van der Waals surface area (Å²) >= 11 is 0. The molecule has 2 aromatic rings. The van der Waals surface area contributed by atoms with Gasteiger partial charge in [-0.1, -0.05) is 73.5 Å². The molecular formula is C32H48Br2N4O2. The molecule has 2 amide bonds. The summed E-state index contributed by atoms with van der Waals surface area (Å²) in [6.45, 7) is 9.56. The number of likely N-dealkylation sites (N-methyl/N-ethyl adjacent to an activating group) is 2. The van der Waals surface area contributed by atoms with E-state index in [1.165, 1.54) is 11.1 Å². The molecular weight excluding hydrogens is 632 g/mol. The van der Waals surface area contributed by atoms with Gasteiger partial charge in [-0.15, -0.1) is 0 Å². The summed E-state index contributed by atoms with van der Waals surface area (Å²) < 4.78 is 2.01. The smallest absolute Gasteiger partial charge is 0.222 e. The van der Waals surface area contributed by atoms with Crippen LogP contribution in [-0.2, 0) is 22.7 Å². The first-order valence-electron chi connectivity index (χ1n) is 14.6. The molecule has 2 aliphatic rings. The number of amides is 2. The number of halogens is 2. The van der Waals surface area contributed by atoms with Crippen LogP contribution in [0.4, 0.5) is 0 Å². The normalized spacial score (nSPS) is 17.9. The number of benzene rings is 2. The molecule has 2 fully saturated rings. The van der Waals surface area contributed by atoms with E-state index >= 15 is 0 Å². The Labute approximate surface area is 263 Å². The van der Waals surface area contributed by atoms with Crippen molar-refractivity contribution < 1.29 is 52.5 Å². The fraction of sp³-hybridized carbons (Fsp3) is 0.562. The zero-order valence-corrected chi connectivity index (χ0v) is 27.6. The Kier molecular flexibility index (Phi) is 14.3. The number of nitrogens with zero attached hydrogens (tertiary/aromatic N) is 4. The van der Waals surface area contributed by atoms with Crippen molar-refractivity contribution in [2.45, 2.75) is 51.6 Å². The quantitative estimate of drug-likeness (QED) is 0.210. The third kappa shape index (κ3) is 10.6. The van der Waals surface area contributed by atoms with Gasteiger partial charge in [0, 0.05) is 24.0 Å². The standard InChI is InChI=1S/C32H48N4O2.2BrH/c1-35(27-29-13-7-5-8-14-29)23-19-33(20-24-35)31(37)17-11-3-4-12-18-32(38)34-21-25-36(2,26-22-34)28-30-15-9-6-10-16-30;;/h5-10,13-16H,3-4,11-12,17-28H2,1-2H3;2*1H/q+2;;/p-2. The molecule has 0 unspecified atom stereocenters. The fourth-order valence-electron chi connectivity index (χ4n) is 5.98. The monoisotopic (exact) mass is 678 g/mol. The number of carbonyl (C=O) groups is 2. The Bertz CT molecular complexity index is 938. The van der Waals surface area contributed by atoms with Gasteiger partial charge in [0.2, 0.25) is 11.8 Å². The lowest BCUT2D eigenvalue weighted by Gasteiger charge is -2.42. The van der Waals surface area contributed by atoms with Crippen LogP contribution in [0.5, 0.6) is 0 Å². The van der Waals surface area contributed by atoms with E-state index in [0.717, 1.165) is 100 Å². The average Bonchev–Trinajstić information content (AvgIpc) is 2.92. The molecule has 0 radical (unpaired) electrons. The van der Waals surface area contributed by atoms with Crippen molar-refractivity contribution in [2.75, 3.05) is 66.5 Å². The molecule has 0 saturated carbocycles. The molecule has 2 aliphatic heterocycles. The molecule has 0 aromatic heterocycles. The van der Waals surface area contributed by atoms with E-state index in [-0.39, 0.29) is 34.0 Å². The Morgan fingerprint density at radius 1 is 0.575 bits per heavy atom. The average molecular weight is 681 g/mol. The van der Waals surface area contributed by atoms with Crippen molar-refractivity contribution in [3.63, 3.8) is 0 Å². The van der Waals surface area contributed by atoms with Gasteiger partial charge < -0.3 is 52.7 Å². The summed E-state index contributed by atoms with van der Waals surface area (Å²) in [5.41, 5.74) is 2.74. The highest BCUT2D eigenvalue weighted by Gasteiger charge is 2.32. The highest BCUT2D eigenvalue weighted by Crippen LogP contribution is 2.19. The fourth-order valence-corrected chi connectivity index (χ4v) is 5.98. The number of rotatable bonds is 11. The molecule has 222 valence electrons. The summed E-state index contributed by atoms with van der Waals surface area (Å²) in [5.74, 6) is 0.606. The van der Waals surface area contributed by atoms with Crippen LogP contribution in [0.2, 0.25) is 0 Å². The SMILES string of the molecule is C[N+]1(Cc2ccccc2)CCN(C(=O)CCCCCCC(=O)N2CC[N+](C)(Cc3ccccc3)CC2)CC1.[Br-].[Br-]. The van der Waals surface area contributed by atoms with E-state index in [1.54, 1.807) is 0 Å². The van der Waals surface area contributed by atoms with Gasteiger partial charge >= 0.3 is 0 Å². The predicted octanol–water partition coefficient (Wildman–Crippen LogP) is -1.69. The zero-order valence-electron chi connectivity index (χ0n) is 24.4. The summed E-state index contributed by atoms with van der Waals surface area (Å²) in [7, 11) is 4.62. The van der Waals surface area contributed by atoms with Crippen LogP contribution in [-0.4, -0.2) is 97.0 Å². The first-order valence-corrected chi connectivity index (χ1v) is 14.6. The zero-order chi connectivity index (χ0) is 26.8. The van der Waals surface area contributed by atoms with Crippen molar-refractivity contribution >= 4 is 11.8 Å². The second-order valence-corrected chi connectivity index (χ2v) is 12.1. The Hall–Kier alpha value is -1.74. The van der Waals surface area contributed by atoms with E-state index < -0.39 is 0 Å². The minimum atomic E-state index is 0. The van der Waals surface area contributed by atoms with E-state index in [2.05, 4.69) is 84.6 Å². The first kappa shape index (κ1) is 34.5. The van der Waals surface area contributed by atoms with Crippen molar-refractivity contribution in [1.82, 2.24) is 9.80 Å². The molecule has 2 saturated heterocycles. The molecule has 40 heavy (non-hydrogen) atoms. The van der Waals surface area contributed by atoms with E-state index in [9.17, 15) is 9.59 Å². The van der Waals surface area contributed by atoms with Gasteiger partial charge in [-0.2, -0.15) is 0 Å². The topological polar surface area (TPSA) is 40.6 Å². The van der Waals surface area contributed by atoms with Crippen LogP contribution in [0.1, 0.15) is 49.7 Å². The van der Waals surface area contributed by atoms with Gasteiger partial charge in [0.15, 0.2) is 0 Å². The van der Waals surface area contributed by atoms with Crippen LogP contribution in [0, 0.1) is 0 Å². The Morgan fingerprint density at radius 2 is 0.900 bits per heavy atom. The molecule has 2 heterocycles. The minimum absolute atomic E-state index is 0. The summed E-state index contributed by atoms with van der Waals surface area (Å²) in [4.78, 5) is 29.6. The first-order chi connectivity index (χ1) is 18.3. The lowest BCUT2D eigenvalue weighted by atomic mass is 10.1. The van der Waals surface area contributed by atoms with Gasteiger partial charge in [0.1, 0.15) is 13.1 Å². The van der Waals surface area contributed by atoms with Crippen molar-refractivity contribution in [2.24, 2.45) is 0 Å². The molecule has 4 rings (SSSR count). The van der Waals surface area contributed by atoms with Crippen LogP contribution >= 0.6 is 0 Å². The number of hydrogen-bond donors (Lipinski definition) is 0. The Morgan fingerprint density at radius 3 is 1.23 bits per heavy atom. The van der Waals surface area contributed by atoms with Crippen LogP contribution in [0.3, 0.4) is 0 Å². The van der Waals surface area contributed by atoms with Gasteiger partial charge in [-0.05, 0) is 12.8 Å². The van der Waals surface area contributed by atoms with Gasteiger partial charge in [-0.3, -0.25) is 9.59 Å². The molecule has 8 heteroatoms. The van der Waals surface area contributed by atoms with E-state index in [0.29, 0.717) is 24.7 Å². The summed E-state index contributed by atoms with van der Waals surface area (Å²) in [6, 6.07) is 21.3. The highest BCUT2D eigenvalue weighted by atomic mass is 79.9. The lowest BCUT2D eigenvalue weighted by molar-refractivity contribution is -0.926. The number of unbranched alkanes of at least 4 members (excludes halogenated alkanes) is 3. The number of piperazine rings is 2. The number of quaternary nitrogens is 2. The van der Waals surface area contributed by atoms with E-state index in [4.69, 9.17) is 0 Å². The summed E-state index contributed by atoms with van der Waals surface area (Å²) in [5, 5.41) is 0. The third-order valence-corrected chi connectivity index (χ3v) is 8.69. The number of carbonyl (C=O) groups excluding carboxylic acids is 2. The Balaban J connectivity index is 0.00000280. The van der Waals surface area contributed by atoms with Gasteiger partial charge in [-0.25, -0.2) is 0 Å². The molecule has 0 aliphatic carbocycles. The molecule has 0 bridgehead atoms.